The predicted octanol–water partition coefficient (Wildman–Crippen LogP) is 2.97. The van der Waals surface area contributed by atoms with Crippen LogP contribution in [0.1, 0.15) is 19.3 Å². The zero-order valence-corrected chi connectivity index (χ0v) is 7.92. The third kappa shape index (κ3) is 4.18. The lowest BCUT2D eigenvalue weighted by Gasteiger charge is -2.12. The number of hydrogen-bond donors (Lipinski definition) is 0. The smallest absolute Gasteiger partial charge is 0.372 e. The Morgan fingerprint density at radius 3 is 2.31 bits per heavy atom. The first kappa shape index (κ1) is 11.1. The molecular formula is C8H12ClF3O. The second kappa shape index (κ2) is 4.05. The molecule has 1 nitrogen and oxygen atoms in total. The molecule has 1 saturated carbocycles. The summed E-state index contributed by atoms with van der Waals surface area (Å²) in [6.45, 7) is -0.988. The molecule has 1 fully saturated rings. The summed E-state index contributed by atoms with van der Waals surface area (Å²) in [6.07, 6.45) is -1.53. The predicted molar refractivity (Wildman–Crippen MR) is 43.9 cm³/mol. The van der Waals surface area contributed by atoms with Crippen molar-refractivity contribution >= 4 is 11.6 Å². The second-order valence-corrected chi connectivity index (χ2v) is 3.82. The lowest BCUT2D eigenvalue weighted by Crippen LogP contribution is -2.18. The Hall–Kier alpha value is 0.0400. The quantitative estimate of drug-likeness (QED) is 0.507. The van der Waals surface area contributed by atoms with Crippen LogP contribution < -0.4 is 0 Å². The van der Waals surface area contributed by atoms with Gasteiger partial charge in [-0.3, -0.25) is 0 Å². The van der Waals surface area contributed by atoms with Gasteiger partial charge in [0.2, 0.25) is 0 Å². The SMILES string of the molecule is FC(F)(F)COCCC1(CCl)CC1. The Balaban J connectivity index is 2.02. The largest absolute Gasteiger partial charge is 0.411 e. The third-order valence-electron chi connectivity index (χ3n) is 2.28. The fourth-order valence-electron chi connectivity index (χ4n) is 1.10. The van der Waals surface area contributed by atoms with Crippen molar-refractivity contribution in [2.45, 2.75) is 25.4 Å². The maximum Gasteiger partial charge on any atom is 0.411 e. The van der Waals surface area contributed by atoms with Crippen molar-refractivity contribution in [3.05, 3.63) is 0 Å². The molecule has 0 saturated heterocycles. The molecule has 13 heavy (non-hydrogen) atoms. The van der Waals surface area contributed by atoms with Crippen LogP contribution in [-0.4, -0.2) is 25.3 Å². The van der Waals surface area contributed by atoms with Crippen LogP contribution in [-0.2, 0) is 4.74 Å². The van der Waals surface area contributed by atoms with E-state index >= 15 is 0 Å². The van der Waals surface area contributed by atoms with Crippen LogP contribution in [0.15, 0.2) is 0 Å². The number of hydrogen-bond acceptors (Lipinski definition) is 1. The van der Waals surface area contributed by atoms with Crippen molar-refractivity contribution in [3.63, 3.8) is 0 Å². The zero-order valence-electron chi connectivity index (χ0n) is 7.16. The Morgan fingerprint density at radius 2 is 1.92 bits per heavy atom. The first-order valence-corrected chi connectivity index (χ1v) is 4.71. The van der Waals surface area contributed by atoms with Crippen molar-refractivity contribution in [1.29, 1.82) is 0 Å². The monoisotopic (exact) mass is 216 g/mol. The number of ether oxygens (including phenoxy) is 1. The fourth-order valence-corrected chi connectivity index (χ4v) is 1.50. The van der Waals surface area contributed by atoms with Gasteiger partial charge in [-0.2, -0.15) is 13.2 Å². The first-order chi connectivity index (χ1) is 5.97. The summed E-state index contributed by atoms with van der Waals surface area (Å²) in [6, 6.07) is 0. The van der Waals surface area contributed by atoms with E-state index in [9.17, 15) is 13.2 Å². The standard InChI is InChI=1S/C8H12ClF3O/c9-5-7(1-2-7)3-4-13-6-8(10,11)12/h1-6H2. The molecule has 0 atom stereocenters. The van der Waals surface area contributed by atoms with Crippen LogP contribution >= 0.6 is 11.6 Å². The molecule has 5 heteroatoms. The summed E-state index contributed by atoms with van der Waals surface area (Å²) < 4.78 is 39.4. The third-order valence-corrected chi connectivity index (χ3v) is 2.85. The number of halogens is 4. The second-order valence-electron chi connectivity index (χ2n) is 3.55. The number of rotatable bonds is 5. The topological polar surface area (TPSA) is 9.23 Å². The summed E-state index contributed by atoms with van der Waals surface area (Å²) in [4.78, 5) is 0. The summed E-state index contributed by atoms with van der Waals surface area (Å²) in [5.74, 6) is 0.530. The van der Waals surface area contributed by atoms with E-state index in [1.165, 1.54) is 0 Å². The minimum Gasteiger partial charge on any atom is -0.372 e. The van der Waals surface area contributed by atoms with Crippen molar-refractivity contribution in [2.24, 2.45) is 5.41 Å². The van der Waals surface area contributed by atoms with Gasteiger partial charge in [-0.05, 0) is 24.7 Å². The van der Waals surface area contributed by atoms with E-state index in [0.29, 0.717) is 12.3 Å². The molecule has 0 aromatic carbocycles. The molecule has 78 valence electrons. The maximum atomic E-state index is 11.6. The summed E-state index contributed by atoms with van der Waals surface area (Å²) in [5.41, 5.74) is 0.0904. The zero-order chi connectivity index (χ0) is 9.95. The van der Waals surface area contributed by atoms with Crippen molar-refractivity contribution < 1.29 is 17.9 Å². The molecule has 0 aromatic rings. The highest BCUT2D eigenvalue weighted by Gasteiger charge is 2.41. The molecule has 0 N–H and O–H groups in total. The molecule has 0 unspecified atom stereocenters. The molecule has 0 spiro atoms. The lowest BCUT2D eigenvalue weighted by atomic mass is 10.1. The highest BCUT2D eigenvalue weighted by Crippen LogP contribution is 2.49. The van der Waals surface area contributed by atoms with Gasteiger partial charge in [0.1, 0.15) is 6.61 Å². The van der Waals surface area contributed by atoms with Crippen molar-refractivity contribution in [3.8, 4) is 0 Å². The maximum absolute atomic E-state index is 11.6. The molecule has 0 bridgehead atoms. The van der Waals surface area contributed by atoms with Gasteiger partial charge in [0.05, 0.1) is 0 Å². The van der Waals surface area contributed by atoms with Gasteiger partial charge in [-0.15, -0.1) is 11.6 Å². The van der Waals surface area contributed by atoms with Gasteiger partial charge in [0.25, 0.3) is 0 Å². The van der Waals surface area contributed by atoms with Gasteiger partial charge in [0.15, 0.2) is 0 Å². The van der Waals surface area contributed by atoms with E-state index in [1.54, 1.807) is 0 Å². The van der Waals surface area contributed by atoms with Gasteiger partial charge in [-0.25, -0.2) is 0 Å². The van der Waals surface area contributed by atoms with Crippen molar-refractivity contribution in [1.82, 2.24) is 0 Å². The summed E-state index contributed by atoms with van der Waals surface area (Å²) in [7, 11) is 0. The molecular weight excluding hydrogens is 205 g/mol. The van der Waals surface area contributed by atoms with E-state index in [-0.39, 0.29) is 12.0 Å². The first-order valence-electron chi connectivity index (χ1n) is 4.18. The average Bonchev–Trinajstić information content (AvgIpc) is 2.78. The molecule has 0 heterocycles. The van der Waals surface area contributed by atoms with Crippen LogP contribution in [0.4, 0.5) is 13.2 Å². The molecule has 0 amide bonds. The molecule has 0 aromatic heterocycles. The molecule has 1 aliphatic carbocycles. The normalized spacial score (nSPS) is 20.3. The van der Waals surface area contributed by atoms with E-state index < -0.39 is 12.8 Å². The lowest BCUT2D eigenvalue weighted by molar-refractivity contribution is -0.174. The number of alkyl halides is 4. The van der Waals surface area contributed by atoms with Crippen LogP contribution in [0.2, 0.25) is 0 Å². The van der Waals surface area contributed by atoms with Crippen LogP contribution in [0.5, 0.6) is 0 Å². The van der Waals surface area contributed by atoms with E-state index in [0.717, 1.165) is 12.8 Å². The Labute approximate surface area is 80.2 Å². The van der Waals surface area contributed by atoms with Crippen LogP contribution in [0, 0.1) is 5.41 Å². The fraction of sp³-hybridized carbons (Fsp3) is 1.00. The van der Waals surface area contributed by atoms with Gasteiger partial charge in [0, 0.05) is 12.5 Å². The van der Waals surface area contributed by atoms with E-state index in [1.807, 2.05) is 0 Å². The van der Waals surface area contributed by atoms with Gasteiger partial charge >= 0.3 is 6.18 Å². The summed E-state index contributed by atoms with van der Waals surface area (Å²) in [5, 5.41) is 0. The van der Waals surface area contributed by atoms with Gasteiger partial charge in [-0.1, -0.05) is 0 Å². The summed E-state index contributed by atoms with van der Waals surface area (Å²) >= 11 is 5.65. The van der Waals surface area contributed by atoms with Crippen molar-refractivity contribution in [2.75, 3.05) is 19.1 Å². The van der Waals surface area contributed by atoms with E-state index in [4.69, 9.17) is 11.6 Å². The Bertz CT molecular complexity index is 165. The molecule has 1 aliphatic rings. The highest BCUT2D eigenvalue weighted by molar-refractivity contribution is 6.18. The minimum atomic E-state index is -4.21. The Kier molecular flexibility index (Phi) is 3.46. The van der Waals surface area contributed by atoms with E-state index in [2.05, 4.69) is 4.74 Å². The van der Waals surface area contributed by atoms with Gasteiger partial charge < -0.3 is 4.74 Å². The molecule has 0 radical (unpaired) electrons. The average molecular weight is 217 g/mol. The van der Waals surface area contributed by atoms with Crippen LogP contribution in [0.3, 0.4) is 0 Å². The highest BCUT2D eigenvalue weighted by atomic mass is 35.5. The minimum absolute atomic E-state index is 0.0904. The molecule has 1 rings (SSSR count). The molecule has 0 aliphatic heterocycles. The van der Waals surface area contributed by atoms with Crippen LogP contribution in [0.25, 0.3) is 0 Å². The Morgan fingerprint density at radius 1 is 1.31 bits per heavy atom.